The molecule has 0 saturated heterocycles. The molecule has 1 aromatic heterocycles. The molecule has 0 aliphatic rings. The van der Waals surface area contributed by atoms with Crippen LogP contribution in [-0.4, -0.2) is 35.1 Å². The maximum Gasteiger partial charge on any atom is 0.355 e. The van der Waals surface area contributed by atoms with E-state index in [-0.39, 0.29) is 11.6 Å². The summed E-state index contributed by atoms with van der Waals surface area (Å²) in [5, 5.41) is 15.7. The number of likely N-dealkylation sites (N-methyl/N-ethyl adjacent to an activating group) is 1. The number of carbonyl (C=O) groups excluding carboxylic acids is 1. The Labute approximate surface area is 90.3 Å². The Bertz CT molecular complexity index is 377. The van der Waals surface area contributed by atoms with Gasteiger partial charge in [0.25, 0.3) is 0 Å². The SMILES string of the molecule is CNC(=O)C(C)Nc1nc(C(=O)O)cs1. The summed E-state index contributed by atoms with van der Waals surface area (Å²) in [6.45, 7) is 1.67. The summed E-state index contributed by atoms with van der Waals surface area (Å²) in [6, 6.07) is -0.442. The fourth-order valence-electron chi connectivity index (χ4n) is 0.906. The van der Waals surface area contributed by atoms with E-state index >= 15 is 0 Å². The van der Waals surface area contributed by atoms with Crippen molar-refractivity contribution in [2.45, 2.75) is 13.0 Å². The van der Waals surface area contributed by atoms with Gasteiger partial charge in [-0.1, -0.05) is 0 Å². The standard InChI is InChI=1S/C8H11N3O3S/c1-4(6(12)9-2)10-8-11-5(3-15-8)7(13)14/h3-4H,1-2H3,(H,9,12)(H,10,11)(H,13,14). The van der Waals surface area contributed by atoms with Crippen molar-refractivity contribution in [2.24, 2.45) is 0 Å². The molecule has 0 aliphatic carbocycles. The predicted molar refractivity (Wildman–Crippen MR) is 56.2 cm³/mol. The first-order valence-corrected chi connectivity index (χ1v) is 5.09. The number of hydrogen-bond acceptors (Lipinski definition) is 5. The lowest BCUT2D eigenvalue weighted by Crippen LogP contribution is -2.35. The summed E-state index contributed by atoms with van der Waals surface area (Å²) in [7, 11) is 1.53. The summed E-state index contributed by atoms with van der Waals surface area (Å²) in [5.74, 6) is -1.26. The molecule has 1 aromatic rings. The lowest BCUT2D eigenvalue weighted by molar-refractivity contribution is -0.121. The molecular formula is C8H11N3O3S. The van der Waals surface area contributed by atoms with Gasteiger partial charge >= 0.3 is 5.97 Å². The molecule has 0 bridgehead atoms. The van der Waals surface area contributed by atoms with Crippen LogP contribution in [0, 0.1) is 0 Å². The van der Waals surface area contributed by atoms with Crippen molar-refractivity contribution in [1.82, 2.24) is 10.3 Å². The number of aromatic carboxylic acids is 1. The zero-order valence-corrected chi connectivity index (χ0v) is 9.09. The van der Waals surface area contributed by atoms with E-state index in [1.807, 2.05) is 0 Å². The van der Waals surface area contributed by atoms with Crippen LogP contribution in [0.2, 0.25) is 0 Å². The first kappa shape index (κ1) is 11.4. The van der Waals surface area contributed by atoms with E-state index in [1.54, 1.807) is 6.92 Å². The molecule has 1 amide bonds. The smallest absolute Gasteiger partial charge is 0.355 e. The molecule has 0 saturated carbocycles. The monoisotopic (exact) mass is 229 g/mol. The predicted octanol–water partition coefficient (Wildman–Crippen LogP) is 0.388. The van der Waals surface area contributed by atoms with Crippen LogP contribution in [0.1, 0.15) is 17.4 Å². The second kappa shape index (κ2) is 4.74. The zero-order chi connectivity index (χ0) is 11.4. The molecule has 82 valence electrons. The van der Waals surface area contributed by atoms with Crippen molar-refractivity contribution in [3.8, 4) is 0 Å². The van der Waals surface area contributed by atoms with Gasteiger partial charge in [0.05, 0.1) is 0 Å². The van der Waals surface area contributed by atoms with Crippen molar-refractivity contribution in [1.29, 1.82) is 0 Å². The molecule has 1 atom stereocenters. The van der Waals surface area contributed by atoms with Gasteiger partial charge in [-0.15, -0.1) is 11.3 Å². The van der Waals surface area contributed by atoms with Gasteiger partial charge in [0, 0.05) is 12.4 Å². The minimum Gasteiger partial charge on any atom is -0.476 e. The summed E-state index contributed by atoms with van der Waals surface area (Å²) in [4.78, 5) is 25.5. The van der Waals surface area contributed by atoms with Gasteiger partial charge in [-0.05, 0) is 6.92 Å². The van der Waals surface area contributed by atoms with Gasteiger partial charge in [-0.25, -0.2) is 9.78 Å². The van der Waals surface area contributed by atoms with Crippen LogP contribution in [0.15, 0.2) is 5.38 Å². The van der Waals surface area contributed by atoms with Crippen LogP contribution in [0.5, 0.6) is 0 Å². The topological polar surface area (TPSA) is 91.3 Å². The van der Waals surface area contributed by atoms with Crippen molar-refractivity contribution < 1.29 is 14.7 Å². The molecule has 1 heterocycles. The molecule has 15 heavy (non-hydrogen) atoms. The van der Waals surface area contributed by atoms with Crippen molar-refractivity contribution in [3.05, 3.63) is 11.1 Å². The number of carboxylic acid groups (broad SMARTS) is 1. The second-order valence-electron chi connectivity index (χ2n) is 2.82. The first-order valence-electron chi connectivity index (χ1n) is 4.21. The van der Waals surface area contributed by atoms with Crippen molar-refractivity contribution in [2.75, 3.05) is 12.4 Å². The van der Waals surface area contributed by atoms with Gasteiger partial charge in [-0.2, -0.15) is 0 Å². The number of nitrogens with zero attached hydrogens (tertiary/aromatic N) is 1. The normalized spacial score (nSPS) is 11.9. The maximum atomic E-state index is 11.1. The van der Waals surface area contributed by atoms with Crippen molar-refractivity contribution in [3.63, 3.8) is 0 Å². The summed E-state index contributed by atoms with van der Waals surface area (Å²) in [6.07, 6.45) is 0. The third-order valence-corrected chi connectivity index (χ3v) is 2.48. The van der Waals surface area contributed by atoms with E-state index in [2.05, 4.69) is 15.6 Å². The Morgan fingerprint density at radius 2 is 2.27 bits per heavy atom. The lowest BCUT2D eigenvalue weighted by Gasteiger charge is -2.10. The van der Waals surface area contributed by atoms with E-state index < -0.39 is 12.0 Å². The van der Waals surface area contributed by atoms with E-state index in [0.29, 0.717) is 5.13 Å². The van der Waals surface area contributed by atoms with Crippen LogP contribution < -0.4 is 10.6 Å². The fourth-order valence-corrected chi connectivity index (χ4v) is 1.68. The number of hydrogen-bond donors (Lipinski definition) is 3. The highest BCUT2D eigenvalue weighted by Crippen LogP contribution is 2.16. The molecule has 0 radical (unpaired) electrons. The van der Waals surface area contributed by atoms with E-state index in [1.165, 1.54) is 12.4 Å². The minimum atomic E-state index is -1.08. The van der Waals surface area contributed by atoms with E-state index in [9.17, 15) is 9.59 Å². The molecule has 0 aliphatic heterocycles. The third kappa shape index (κ3) is 2.91. The van der Waals surface area contributed by atoms with Crippen LogP contribution >= 0.6 is 11.3 Å². The first-order chi connectivity index (χ1) is 7.04. The molecule has 7 heteroatoms. The van der Waals surface area contributed by atoms with Crippen molar-refractivity contribution >= 4 is 28.3 Å². The maximum absolute atomic E-state index is 11.1. The highest BCUT2D eigenvalue weighted by molar-refractivity contribution is 7.13. The summed E-state index contributed by atoms with van der Waals surface area (Å²) >= 11 is 1.15. The molecule has 6 nitrogen and oxygen atoms in total. The Morgan fingerprint density at radius 1 is 1.60 bits per heavy atom. The van der Waals surface area contributed by atoms with Gasteiger partial charge in [0.1, 0.15) is 6.04 Å². The highest BCUT2D eigenvalue weighted by Gasteiger charge is 2.14. The largest absolute Gasteiger partial charge is 0.476 e. The number of carbonyl (C=O) groups is 2. The molecular weight excluding hydrogens is 218 g/mol. The third-order valence-electron chi connectivity index (χ3n) is 1.70. The Hall–Kier alpha value is -1.63. The number of nitrogens with one attached hydrogen (secondary N) is 2. The fraction of sp³-hybridized carbons (Fsp3) is 0.375. The number of aromatic nitrogens is 1. The average Bonchev–Trinajstić information content (AvgIpc) is 2.65. The van der Waals surface area contributed by atoms with Crippen LogP contribution in [-0.2, 0) is 4.79 Å². The van der Waals surface area contributed by atoms with E-state index in [0.717, 1.165) is 11.3 Å². The lowest BCUT2D eigenvalue weighted by atomic mass is 10.3. The molecule has 1 rings (SSSR count). The van der Waals surface area contributed by atoms with Gasteiger partial charge in [0.15, 0.2) is 10.8 Å². The summed E-state index contributed by atoms with van der Waals surface area (Å²) in [5.41, 5.74) is -0.0217. The molecule has 0 aromatic carbocycles. The van der Waals surface area contributed by atoms with Gasteiger partial charge in [0.2, 0.25) is 5.91 Å². The highest BCUT2D eigenvalue weighted by atomic mass is 32.1. The molecule has 0 spiro atoms. The molecule has 3 N–H and O–H groups in total. The Morgan fingerprint density at radius 3 is 2.73 bits per heavy atom. The Balaban J connectivity index is 2.65. The van der Waals surface area contributed by atoms with Crippen LogP contribution in [0.4, 0.5) is 5.13 Å². The van der Waals surface area contributed by atoms with E-state index in [4.69, 9.17) is 5.11 Å². The van der Waals surface area contributed by atoms with Crippen LogP contribution in [0.3, 0.4) is 0 Å². The molecule has 0 fully saturated rings. The number of anilines is 1. The van der Waals surface area contributed by atoms with Crippen LogP contribution in [0.25, 0.3) is 0 Å². The number of rotatable bonds is 4. The number of thiazole rings is 1. The Kier molecular flexibility index (Phi) is 3.62. The number of amides is 1. The molecule has 1 unspecified atom stereocenters. The minimum absolute atomic E-state index is 0.0217. The quantitative estimate of drug-likeness (QED) is 0.694. The average molecular weight is 229 g/mol. The van der Waals surface area contributed by atoms with Gasteiger partial charge in [-0.3, -0.25) is 4.79 Å². The zero-order valence-electron chi connectivity index (χ0n) is 8.27. The number of carboxylic acids is 1. The second-order valence-corrected chi connectivity index (χ2v) is 3.68. The summed E-state index contributed by atoms with van der Waals surface area (Å²) < 4.78 is 0. The van der Waals surface area contributed by atoms with Gasteiger partial charge < -0.3 is 15.7 Å².